The molecule has 95 valence electrons. The highest BCUT2D eigenvalue weighted by molar-refractivity contribution is 5.89. The molecular weight excluding hydrogens is 239 g/mol. The van der Waals surface area contributed by atoms with Crippen LogP contribution < -0.4 is 10.2 Å². The number of amides is 2. The molecule has 0 spiro atoms. The Bertz CT molecular complexity index is 478. The van der Waals surface area contributed by atoms with Gasteiger partial charge in [0.2, 0.25) is 5.91 Å². The van der Waals surface area contributed by atoms with E-state index >= 15 is 0 Å². The van der Waals surface area contributed by atoms with Gasteiger partial charge in [-0.05, 0) is 18.2 Å². The largest absolute Gasteiger partial charge is 0.442 e. The van der Waals surface area contributed by atoms with E-state index in [9.17, 15) is 14.0 Å². The Hall–Kier alpha value is -2.11. The van der Waals surface area contributed by atoms with Crippen LogP contribution >= 0.6 is 0 Å². The number of nitrogens with one attached hydrogen (secondary N) is 1. The van der Waals surface area contributed by atoms with Gasteiger partial charge in [0, 0.05) is 13.0 Å². The Morgan fingerprint density at radius 2 is 2.50 bits per heavy atom. The summed E-state index contributed by atoms with van der Waals surface area (Å²) in [5, 5.41) is 2.57. The summed E-state index contributed by atoms with van der Waals surface area (Å²) in [6.45, 7) is 1.92. The van der Waals surface area contributed by atoms with Gasteiger partial charge in [0.05, 0.1) is 18.8 Å². The van der Waals surface area contributed by atoms with Crippen molar-refractivity contribution in [2.75, 3.05) is 18.0 Å². The van der Waals surface area contributed by atoms with Crippen LogP contribution in [-0.4, -0.2) is 31.2 Å². The molecule has 1 unspecified atom stereocenters. The predicted molar refractivity (Wildman–Crippen MR) is 61.5 cm³/mol. The van der Waals surface area contributed by atoms with Crippen molar-refractivity contribution in [1.82, 2.24) is 5.32 Å². The van der Waals surface area contributed by atoms with E-state index in [4.69, 9.17) is 4.74 Å². The van der Waals surface area contributed by atoms with Crippen molar-refractivity contribution in [2.24, 2.45) is 0 Å². The highest BCUT2D eigenvalue weighted by atomic mass is 19.1. The minimum atomic E-state index is -0.545. The standard InChI is InChI=1S/C12H12FN2O3/c1-8(16)14-6-11-7-15(12(17)18-11)10-4-2-3-9(13)5-10/h2,4-5,11H,6-7H2,1H3,(H,14,16). The third kappa shape index (κ3) is 2.77. The van der Waals surface area contributed by atoms with Crippen molar-refractivity contribution in [3.63, 3.8) is 0 Å². The van der Waals surface area contributed by atoms with E-state index in [0.29, 0.717) is 5.69 Å². The van der Waals surface area contributed by atoms with Gasteiger partial charge < -0.3 is 10.1 Å². The van der Waals surface area contributed by atoms with Gasteiger partial charge in [-0.1, -0.05) is 0 Å². The lowest BCUT2D eigenvalue weighted by Crippen LogP contribution is -2.33. The summed E-state index contributed by atoms with van der Waals surface area (Å²) in [7, 11) is 0. The normalized spacial score (nSPS) is 18.7. The summed E-state index contributed by atoms with van der Waals surface area (Å²) in [6.07, 6.45) is -0.968. The zero-order chi connectivity index (χ0) is 13.1. The number of nitrogens with zero attached hydrogens (tertiary/aromatic N) is 1. The first-order valence-electron chi connectivity index (χ1n) is 5.46. The number of cyclic esters (lactones) is 1. The van der Waals surface area contributed by atoms with E-state index in [1.54, 1.807) is 6.07 Å². The fourth-order valence-electron chi connectivity index (χ4n) is 1.69. The van der Waals surface area contributed by atoms with Crippen LogP contribution in [0.1, 0.15) is 6.92 Å². The zero-order valence-electron chi connectivity index (χ0n) is 9.77. The number of hydrogen-bond donors (Lipinski definition) is 1. The van der Waals surface area contributed by atoms with Crippen LogP contribution in [0, 0.1) is 11.9 Å². The number of ether oxygens (including phenoxy) is 1. The van der Waals surface area contributed by atoms with Crippen LogP contribution in [0.3, 0.4) is 0 Å². The summed E-state index contributed by atoms with van der Waals surface area (Å²) in [4.78, 5) is 23.7. The topological polar surface area (TPSA) is 58.6 Å². The molecule has 18 heavy (non-hydrogen) atoms. The molecular formula is C12H12FN2O3. The predicted octanol–water partition coefficient (Wildman–Crippen LogP) is 1.09. The molecule has 1 N–H and O–H groups in total. The third-order valence-corrected chi connectivity index (χ3v) is 2.51. The van der Waals surface area contributed by atoms with Gasteiger partial charge in [0.1, 0.15) is 11.9 Å². The minimum Gasteiger partial charge on any atom is -0.442 e. The van der Waals surface area contributed by atoms with Crippen molar-refractivity contribution in [3.05, 3.63) is 30.1 Å². The molecule has 0 saturated carbocycles. The number of carbonyl (C=O) groups is 2. The van der Waals surface area contributed by atoms with Gasteiger partial charge in [0.15, 0.2) is 0 Å². The molecule has 1 aromatic rings. The Balaban J connectivity index is 2.03. The van der Waals surface area contributed by atoms with E-state index in [2.05, 4.69) is 11.4 Å². The Morgan fingerprint density at radius 1 is 1.72 bits per heavy atom. The van der Waals surface area contributed by atoms with Crippen molar-refractivity contribution in [2.45, 2.75) is 13.0 Å². The fourth-order valence-corrected chi connectivity index (χ4v) is 1.69. The third-order valence-electron chi connectivity index (χ3n) is 2.51. The van der Waals surface area contributed by atoms with Gasteiger partial charge in [-0.15, -0.1) is 0 Å². The molecule has 1 radical (unpaired) electrons. The molecule has 2 rings (SSSR count). The summed E-state index contributed by atoms with van der Waals surface area (Å²) in [6, 6.07) is 6.55. The summed E-state index contributed by atoms with van der Waals surface area (Å²) in [5.74, 6) is -0.726. The van der Waals surface area contributed by atoms with Crippen molar-refractivity contribution in [1.29, 1.82) is 0 Å². The second-order valence-corrected chi connectivity index (χ2v) is 3.95. The van der Waals surface area contributed by atoms with Crippen LogP contribution in [0.5, 0.6) is 0 Å². The molecule has 1 aliphatic heterocycles. The zero-order valence-corrected chi connectivity index (χ0v) is 9.77. The van der Waals surface area contributed by atoms with E-state index in [1.165, 1.54) is 24.0 Å². The lowest BCUT2D eigenvalue weighted by atomic mass is 10.2. The second-order valence-electron chi connectivity index (χ2n) is 3.95. The molecule has 1 aliphatic rings. The maximum atomic E-state index is 13.0. The first kappa shape index (κ1) is 12.3. The molecule has 2 amide bonds. The lowest BCUT2D eigenvalue weighted by molar-refractivity contribution is -0.119. The van der Waals surface area contributed by atoms with Crippen molar-refractivity contribution in [3.8, 4) is 0 Å². The maximum Gasteiger partial charge on any atom is 0.414 e. The first-order valence-corrected chi connectivity index (χ1v) is 5.46. The van der Waals surface area contributed by atoms with Gasteiger partial charge in [-0.3, -0.25) is 9.69 Å². The fraction of sp³-hybridized carbons (Fsp3) is 0.333. The Labute approximate surface area is 104 Å². The number of anilines is 1. The molecule has 1 atom stereocenters. The van der Waals surface area contributed by atoms with Gasteiger partial charge in [-0.25, -0.2) is 9.18 Å². The molecule has 1 heterocycles. The molecule has 0 bridgehead atoms. The first-order chi connectivity index (χ1) is 8.56. The quantitative estimate of drug-likeness (QED) is 0.874. The monoisotopic (exact) mass is 251 g/mol. The maximum absolute atomic E-state index is 13.0. The Kier molecular flexibility index (Phi) is 3.45. The summed E-state index contributed by atoms with van der Waals surface area (Å²) < 4.78 is 18.1. The highest BCUT2D eigenvalue weighted by Gasteiger charge is 2.32. The lowest BCUT2D eigenvalue weighted by Gasteiger charge is -2.12. The van der Waals surface area contributed by atoms with Crippen LogP contribution in [0.15, 0.2) is 18.2 Å². The highest BCUT2D eigenvalue weighted by Crippen LogP contribution is 2.21. The molecule has 1 fully saturated rings. The van der Waals surface area contributed by atoms with Gasteiger partial charge >= 0.3 is 6.09 Å². The number of hydrogen-bond acceptors (Lipinski definition) is 3. The molecule has 0 aromatic heterocycles. The number of rotatable bonds is 3. The average Bonchev–Trinajstić information content (AvgIpc) is 2.68. The molecule has 6 heteroatoms. The number of halogens is 1. The second kappa shape index (κ2) is 5.03. The van der Waals surface area contributed by atoms with Crippen LogP contribution in [0.25, 0.3) is 0 Å². The summed E-state index contributed by atoms with van der Waals surface area (Å²) in [5.41, 5.74) is 0.418. The van der Waals surface area contributed by atoms with E-state index in [-0.39, 0.29) is 19.0 Å². The van der Waals surface area contributed by atoms with Crippen LogP contribution in [-0.2, 0) is 9.53 Å². The molecule has 0 aliphatic carbocycles. The Morgan fingerprint density at radius 3 is 3.17 bits per heavy atom. The SMILES string of the molecule is CC(=O)NCC1CN(c2cc[c]c(F)c2)C(=O)O1. The van der Waals surface area contributed by atoms with Gasteiger partial charge in [0.25, 0.3) is 0 Å². The molecule has 1 saturated heterocycles. The average molecular weight is 251 g/mol. The van der Waals surface area contributed by atoms with Crippen LogP contribution in [0.4, 0.5) is 14.9 Å². The molecule has 1 aromatic carbocycles. The van der Waals surface area contributed by atoms with Crippen molar-refractivity contribution < 1.29 is 18.7 Å². The summed E-state index contributed by atoms with van der Waals surface area (Å²) >= 11 is 0. The van der Waals surface area contributed by atoms with E-state index in [0.717, 1.165) is 0 Å². The molecule has 5 nitrogen and oxygen atoms in total. The number of carbonyl (C=O) groups excluding carboxylic acids is 2. The van der Waals surface area contributed by atoms with E-state index in [1.807, 2.05) is 0 Å². The smallest absolute Gasteiger partial charge is 0.414 e. The van der Waals surface area contributed by atoms with Crippen LogP contribution in [0.2, 0.25) is 0 Å². The van der Waals surface area contributed by atoms with Gasteiger partial charge in [-0.2, -0.15) is 0 Å². The van der Waals surface area contributed by atoms with Crippen molar-refractivity contribution >= 4 is 17.7 Å². The minimum absolute atomic E-state index is 0.190. The number of benzene rings is 1. The van der Waals surface area contributed by atoms with E-state index < -0.39 is 18.0 Å².